The highest BCUT2D eigenvalue weighted by Crippen LogP contribution is 2.75. The third-order valence-corrected chi connectivity index (χ3v) is 16.8. The molecular formula is C49H67NO7. The molecule has 0 spiro atoms. The molecule has 5 aliphatic carbocycles. The van der Waals surface area contributed by atoms with Crippen LogP contribution in [-0.4, -0.2) is 48.8 Å². The van der Waals surface area contributed by atoms with E-state index < -0.39 is 17.6 Å². The number of carbonyl (C=O) groups excluding carboxylic acids is 3. The van der Waals surface area contributed by atoms with Crippen molar-refractivity contribution in [3.05, 3.63) is 83.4 Å². The van der Waals surface area contributed by atoms with Crippen LogP contribution in [0.2, 0.25) is 0 Å². The molecule has 10 atom stereocenters. The van der Waals surface area contributed by atoms with Gasteiger partial charge in [0.15, 0.2) is 5.78 Å². The van der Waals surface area contributed by atoms with Gasteiger partial charge in [-0.1, -0.05) is 108 Å². The molecule has 0 heterocycles. The predicted molar refractivity (Wildman–Crippen MR) is 220 cm³/mol. The Morgan fingerprint density at radius 2 is 1.44 bits per heavy atom. The molecule has 2 N–H and O–H groups in total. The number of hydrogen-bond donors (Lipinski definition) is 2. The van der Waals surface area contributed by atoms with Crippen molar-refractivity contribution in [1.29, 1.82) is 0 Å². The van der Waals surface area contributed by atoms with Gasteiger partial charge in [0.25, 0.3) is 0 Å². The van der Waals surface area contributed by atoms with Gasteiger partial charge in [-0.25, -0.2) is 0 Å². The molecule has 0 amide bonds. The molecular weight excluding hydrogens is 715 g/mol. The zero-order valence-electron chi connectivity index (χ0n) is 35.5. The topological polar surface area (TPSA) is 111 Å². The van der Waals surface area contributed by atoms with E-state index in [0.717, 1.165) is 62.5 Å². The summed E-state index contributed by atoms with van der Waals surface area (Å²) in [4.78, 5) is 41.4. The number of benzene rings is 2. The summed E-state index contributed by atoms with van der Waals surface area (Å²) in [7, 11) is 0. The van der Waals surface area contributed by atoms with Crippen molar-refractivity contribution in [2.75, 3.05) is 19.8 Å². The minimum absolute atomic E-state index is 0.0426. The van der Waals surface area contributed by atoms with E-state index in [1.165, 1.54) is 5.57 Å². The van der Waals surface area contributed by atoms with Crippen molar-refractivity contribution in [2.45, 2.75) is 126 Å². The molecule has 7 rings (SSSR count). The quantitative estimate of drug-likeness (QED) is 0.125. The normalized spacial score (nSPS) is 37.3. The number of allylic oxidation sites excluding steroid dienone is 2. The number of aliphatic hydroxyl groups excluding tert-OH is 1. The van der Waals surface area contributed by atoms with E-state index in [1.807, 2.05) is 60.7 Å². The smallest absolute Gasteiger partial charge is 0.320 e. The van der Waals surface area contributed by atoms with Crippen LogP contribution in [0.15, 0.2) is 72.3 Å². The highest BCUT2D eigenvalue weighted by atomic mass is 16.6. The maximum Gasteiger partial charge on any atom is 0.320 e. The number of fused-ring (bicyclic) bond motifs is 7. The average molecular weight is 782 g/mol. The van der Waals surface area contributed by atoms with Gasteiger partial charge in [-0.05, 0) is 121 Å². The third kappa shape index (κ3) is 7.46. The van der Waals surface area contributed by atoms with Gasteiger partial charge in [0.05, 0.1) is 25.2 Å². The highest BCUT2D eigenvalue weighted by molar-refractivity contribution is 5.95. The summed E-state index contributed by atoms with van der Waals surface area (Å²) < 4.78 is 17.0. The first-order valence-corrected chi connectivity index (χ1v) is 21.6. The molecule has 4 saturated carbocycles. The Hall–Kier alpha value is -3.33. The van der Waals surface area contributed by atoms with E-state index in [1.54, 1.807) is 0 Å². The molecule has 2 aromatic rings. The van der Waals surface area contributed by atoms with Crippen LogP contribution in [0.25, 0.3) is 0 Å². The summed E-state index contributed by atoms with van der Waals surface area (Å²) >= 11 is 0. The molecule has 57 heavy (non-hydrogen) atoms. The van der Waals surface area contributed by atoms with Gasteiger partial charge in [0.2, 0.25) is 0 Å². The molecule has 0 bridgehead atoms. The number of rotatable bonds is 12. The Labute approximate surface area is 340 Å². The minimum atomic E-state index is -0.873. The lowest BCUT2D eigenvalue weighted by Gasteiger charge is -2.71. The van der Waals surface area contributed by atoms with Crippen LogP contribution in [0.4, 0.5) is 0 Å². The first-order chi connectivity index (χ1) is 27.0. The maximum atomic E-state index is 14.9. The predicted octanol–water partition coefficient (Wildman–Crippen LogP) is 8.99. The lowest BCUT2D eigenvalue weighted by atomic mass is 9.33. The van der Waals surface area contributed by atoms with Crippen molar-refractivity contribution < 1.29 is 33.7 Å². The van der Waals surface area contributed by atoms with Crippen molar-refractivity contribution in [3.8, 4) is 0 Å². The van der Waals surface area contributed by atoms with Crippen LogP contribution < -0.4 is 5.32 Å². The molecule has 8 heteroatoms. The number of nitrogens with one attached hydrogen (secondary N) is 1. The molecule has 4 unspecified atom stereocenters. The van der Waals surface area contributed by atoms with Crippen LogP contribution in [0.1, 0.15) is 117 Å². The number of esters is 2. The van der Waals surface area contributed by atoms with Crippen molar-refractivity contribution in [1.82, 2.24) is 5.32 Å². The zero-order chi connectivity index (χ0) is 40.9. The first kappa shape index (κ1) is 41.8. The van der Waals surface area contributed by atoms with E-state index in [-0.39, 0.29) is 82.3 Å². The molecule has 0 aromatic heterocycles. The van der Waals surface area contributed by atoms with Gasteiger partial charge in [-0.3, -0.25) is 19.7 Å². The van der Waals surface area contributed by atoms with E-state index >= 15 is 0 Å². The highest BCUT2D eigenvalue weighted by Gasteiger charge is 2.70. The summed E-state index contributed by atoms with van der Waals surface area (Å²) in [5.41, 5.74) is 1.87. The molecule has 0 radical (unpaired) electrons. The summed E-state index contributed by atoms with van der Waals surface area (Å²) in [6, 6.07) is 19.8. The number of hydrogen-bond acceptors (Lipinski definition) is 8. The fourth-order valence-electron chi connectivity index (χ4n) is 13.2. The first-order valence-electron chi connectivity index (χ1n) is 21.6. The van der Waals surface area contributed by atoms with Crippen LogP contribution in [-0.2, 0) is 41.8 Å². The summed E-state index contributed by atoms with van der Waals surface area (Å²) in [5.74, 6) is -0.134. The van der Waals surface area contributed by atoms with Crippen LogP contribution in [0, 0.1) is 56.2 Å². The van der Waals surface area contributed by atoms with Gasteiger partial charge in [0, 0.05) is 11.8 Å². The van der Waals surface area contributed by atoms with Crippen LogP contribution in [0.5, 0.6) is 0 Å². The van der Waals surface area contributed by atoms with Gasteiger partial charge < -0.3 is 19.3 Å². The van der Waals surface area contributed by atoms with Crippen molar-refractivity contribution >= 4 is 17.7 Å². The van der Waals surface area contributed by atoms with Crippen molar-refractivity contribution in [3.63, 3.8) is 0 Å². The minimum Gasteiger partial charge on any atom is -0.462 e. The second-order valence-electron chi connectivity index (χ2n) is 20.4. The molecule has 0 aliphatic heterocycles. The zero-order valence-corrected chi connectivity index (χ0v) is 35.5. The van der Waals surface area contributed by atoms with E-state index in [9.17, 15) is 19.5 Å². The lowest BCUT2D eigenvalue weighted by molar-refractivity contribution is -0.203. The molecule has 4 fully saturated rings. The van der Waals surface area contributed by atoms with E-state index in [4.69, 9.17) is 14.2 Å². The number of carbonyl (C=O) groups is 3. The number of ketones is 1. The number of aliphatic hydroxyl groups is 1. The molecule has 5 aliphatic rings. The molecule has 310 valence electrons. The monoisotopic (exact) mass is 781 g/mol. The van der Waals surface area contributed by atoms with Crippen LogP contribution in [0.3, 0.4) is 0 Å². The largest absolute Gasteiger partial charge is 0.462 e. The Morgan fingerprint density at radius 3 is 2.12 bits per heavy atom. The van der Waals surface area contributed by atoms with Crippen LogP contribution >= 0.6 is 0 Å². The molecule has 2 aromatic carbocycles. The summed E-state index contributed by atoms with van der Waals surface area (Å²) in [6.45, 7) is 17.3. The fourth-order valence-corrected chi connectivity index (χ4v) is 13.2. The second-order valence-corrected chi connectivity index (χ2v) is 20.4. The van der Waals surface area contributed by atoms with Gasteiger partial charge in [-0.2, -0.15) is 0 Å². The standard InChI is InChI=1S/C49H67NO7/c1-44(2)35(42(53)50-30-40(52)56-27-26-55-31-33-14-10-8-11-15-33)18-20-47(5)39(44)19-21-49(7)41(47)38(51)28-36-37-29-46(4,23-22-45(37,3)24-25-48(36,49)6)43(54)57-32-34-16-12-9-13-17-34/h8-17,28,35,37,39,41-42,50,53H,18-27,29-32H2,1-7H3/t35-,37?,39+,41-,42?,45?,46+,47+,48-,49?/m1/s1. The Morgan fingerprint density at radius 1 is 0.789 bits per heavy atom. The Balaban J connectivity index is 1.02. The Bertz CT molecular complexity index is 1830. The fraction of sp³-hybridized carbons (Fsp3) is 0.653. The maximum absolute atomic E-state index is 14.9. The Kier molecular flexibility index (Phi) is 11.5. The SMILES string of the molecule is CC12CC[C@](C)(C(=O)OCc3ccccc3)CC1C1=CC(=O)[C@H]3C(C)(CC[C@H]4C(C)(C)[C@@H](C(O)NCC(=O)OCCOCc5ccccc5)CC[C@@]43C)[C@]1(C)CC2. The average Bonchev–Trinajstić information content (AvgIpc) is 3.18. The van der Waals surface area contributed by atoms with Gasteiger partial charge in [0.1, 0.15) is 19.4 Å². The summed E-state index contributed by atoms with van der Waals surface area (Å²) in [5, 5.41) is 14.6. The molecule has 0 saturated heterocycles. The number of ether oxygens (including phenoxy) is 3. The molecule has 8 nitrogen and oxygen atoms in total. The van der Waals surface area contributed by atoms with Gasteiger partial charge >= 0.3 is 11.9 Å². The van der Waals surface area contributed by atoms with E-state index in [0.29, 0.717) is 19.6 Å². The lowest BCUT2D eigenvalue weighted by Crippen LogP contribution is -2.67. The van der Waals surface area contributed by atoms with E-state index in [2.05, 4.69) is 59.9 Å². The summed E-state index contributed by atoms with van der Waals surface area (Å²) in [6.07, 6.45) is 9.30. The third-order valence-electron chi connectivity index (χ3n) is 16.8. The van der Waals surface area contributed by atoms with Crippen molar-refractivity contribution in [2.24, 2.45) is 56.2 Å². The van der Waals surface area contributed by atoms with Gasteiger partial charge in [-0.15, -0.1) is 0 Å². The second kappa shape index (κ2) is 15.7.